The van der Waals surface area contributed by atoms with Gasteiger partial charge in [0, 0.05) is 6.54 Å². The van der Waals surface area contributed by atoms with E-state index in [0.717, 1.165) is 12.1 Å². The lowest BCUT2D eigenvalue weighted by atomic mass is 10.3. The topological polar surface area (TPSA) is 64.9 Å². The Morgan fingerprint density at radius 1 is 1.26 bits per heavy atom. The number of tetrazole rings is 1. The summed E-state index contributed by atoms with van der Waals surface area (Å²) in [6.45, 7) is 5.59. The minimum absolute atomic E-state index is 0.607. The van der Waals surface area contributed by atoms with Crippen LogP contribution in [0.15, 0.2) is 43.0 Å². The molecule has 2 aromatic rings. The Morgan fingerprint density at radius 3 is 2.89 bits per heavy atom. The van der Waals surface area contributed by atoms with E-state index in [1.807, 2.05) is 36.4 Å². The number of benzene rings is 1. The van der Waals surface area contributed by atoms with Crippen molar-refractivity contribution in [2.24, 2.45) is 0 Å². The molecule has 2 rings (SSSR count). The number of ether oxygens (including phenoxy) is 1. The molecule has 19 heavy (non-hydrogen) atoms. The van der Waals surface area contributed by atoms with Gasteiger partial charge in [-0.1, -0.05) is 29.4 Å². The maximum atomic E-state index is 5.41. The average molecular weight is 259 g/mol. The number of para-hydroxylation sites is 1. The molecule has 0 atom stereocenters. The third-order valence-corrected chi connectivity index (χ3v) is 2.47. The zero-order chi connectivity index (χ0) is 13.3. The molecule has 1 heterocycles. The quantitative estimate of drug-likeness (QED) is 0.577. The molecule has 0 aliphatic carbocycles. The van der Waals surface area contributed by atoms with Crippen molar-refractivity contribution in [3.05, 3.63) is 43.0 Å². The van der Waals surface area contributed by atoms with Gasteiger partial charge < -0.3 is 10.1 Å². The van der Waals surface area contributed by atoms with E-state index in [1.54, 1.807) is 4.68 Å². The third-order valence-electron chi connectivity index (χ3n) is 2.47. The molecule has 0 amide bonds. The minimum atomic E-state index is 0.607. The van der Waals surface area contributed by atoms with Gasteiger partial charge in [0.1, 0.15) is 0 Å². The molecule has 0 spiro atoms. The van der Waals surface area contributed by atoms with E-state index in [2.05, 4.69) is 27.4 Å². The van der Waals surface area contributed by atoms with E-state index in [1.165, 1.54) is 0 Å². The van der Waals surface area contributed by atoms with Crippen LogP contribution in [0.2, 0.25) is 0 Å². The second-order valence-corrected chi connectivity index (χ2v) is 3.87. The van der Waals surface area contributed by atoms with Gasteiger partial charge in [-0.25, -0.2) is 0 Å². The highest BCUT2D eigenvalue weighted by molar-refractivity contribution is 5.38. The van der Waals surface area contributed by atoms with Gasteiger partial charge in [0.25, 0.3) is 0 Å². The largest absolute Gasteiger partial charge is 0.379 e. The lowest BCUT2D eigenvalue weighted by Gasteiger charge is -2.07. The first-order valence-electron chi connectivity index (χ1n) is 6.18. The van der Waals surface area contributed by atoms with Crippen LogP contribution in [0.25, 0.3) is 5.69 Å². The molecule has 0 fully saturated rings. The summed E-state index contributed by atoms with van der Waals surface area (Å²) in [6.07, 6.45) is 2.70. The van der Waals surface area contributed by atoms with Crippen LogP contribution >= 0.6 is 0 Å². The van der Waals surface area contributed by atoms with Crippen LogP contribution in [-0.4, -0.2) is 40.0 Å². The summed E-state index contributed by atoms with van der Waals surface area (Å²) in [4.78, 5) is 0. The highest BCUT2D eigenvalue weighted by Crippen LogP contribution is 2.09. The molecule has 0 bridgehead atoms. The first-order valence-corrected chi connectivity index (χ1v) is 6.18. The fourth-order valence-corrected chi connectivity index (χ4v) is 1.54. The molecule has 6 nitrogen and oxygen atoms in total. The van der Waals surface area contributed by atoms with E-state index >= 15 is 0 Å². The van der Waals surface area contributed by atoms with Crippen LogP contribution in [0.4, 0.5) is 5.95 Å². The van der Waals surface area contributed by atoms with E-state index < -0.39 is 0 Å². The van der Waals surface area contributed by atoms with Crippen molar-refractivity contribution in [3.63, 3.8) is 0 Å². The van der Waals surface area contributed by atoms with Crippen molar-refractivity contribution >= 4 is 5.95 Å². The van der Waals surface area contributed by atoms with E-state index in [4.69, 9.17) is 4.74 Å². The van der Waals surface area contributed by atoms with E-state index in [0.29, 0.717) is 25.7 Å². The molecule has 0 unspecified atom stereocenters. The summed E-state index contributed by atoms with van der Waals surface area (Å²) >= 11 is 0. The zero-order valence-electron chi connectivity index (χ0n) is 10.7. The molecule has 0 aliphatic rings. The number of hydrogen-bond donors (Lipinski definition) is 1. The van der Waals surface area contributed by atoms with Gasteiger partial charge >= 0.3 is 0 Å². The zero-order valence-corrected chi connectivity index (χ0v) is 10.7. The predicted octanol–water partition coefficient (Wildman–Crippen LogP) is 1.67. The number of hydrogen-bond acceptors (Lipinski definition) is 5. The van der Waals surface area contributed by atoms with Gasteiger partial charge in [-0.15, -0.1) is 6.58 Å². The second-order valence-electron chi connectivity index (χ2n) is 3.87. The molecular formula is C13H17N5O. The predicted molar refractivity (Wildman–Crippen MR) is 73.3 cm³/mol. The Kier molecular flexibility index (Phi) is 5.06. The van der Waals surface area contributed by atoms with Crippen molar-refractivity contribution in [2.45, 2.75) is 6.42 Å². The maximum Gasteiger partial charge on any atom is 0.247 e. The molecule has 6 heteroatoms. The molecular weight excluding hydrogens is 242 g/mol. The number of nitrogens with zero attached hydrogens (tertiary/aromatic N) is 4. The van der Waals surface area contributed by atoms with Crippen LogP contribution in [0, 0.1) is 0 Å². The average Bonchev–Trinajstić information content (AvgIpc) is 2.92. The summed E-state index contributed by atoms with van der Waals surface area (Å²) in [5, 5.41) is 14.7. The summed E-state index contributed by atoms with van der Waals surface area (Å²) in [7, 11) is 0. The summed E-state index contributed by atoms with van der Waals surface area (Å²) < 4.78 is 7.06. The SMILES string of the molecule is C=CCCOCCNc1nnnn1-c1ccccc1. The van der Waals surface area contributed by atoms with Crippen molar-refractivity contribution < 1.29 is 4.74 Å². The number of nitrogens with one attached hydrogen (secondary N) is 1. The second kappa shape index (κ2) is 7.27. The van der Waals surface area contributed by atoms with Gasteiger partial charge in [0.15, 0.2) is 0 Å². The Bertz CT molecular complexity index is 497. The Labute approximate surface area is 112 Å². The van der Waals surface area contributed by atoms with Crippen LogP contribution in [-0.2, 0) is 4.74 Å². The third kappa shape index (κ3) is 3.89. The highest BCUT2D eigenvalue weighted by Gasteiger charge is 2.06. The molecule has 1 aromatic heterocycles. The van der Waals surface area contributed by atoms with Gasteiger partial charge in [-0.2, -0.15) is 4.68 Å². The molecule has 1 aromatic carbocycles. The van der Waals surface area contributed by atoms with E-state index in [9.17, 15) is 0 Å². The summed E-state index contributed by atoms with van der Waals surface area (Å²) in [5.41, 5.74) is 0.919. The van der Waals surface area contributed by atoms with Gasteiger partial charge in [-0.3, -0.25) is 0 Å². The van der Waals surface area contributed by atoms with Crippen molar-refractivity contribution in [1.82, 2.24) is 20.2 Å². The van der Waals surface area contributed by atoms with Crippen LogP contribution in [0.1, 0.15) is 6.42 Å². The standard InChI is InChI=1S/C13H17N5O/c1-2-3-10-19-11-9-14-13-15-16-17-18(13)12-7-5-4-6-8-12/h2,4-8H,1,3,9-11H2,(H,14,15,17). The first-order chi connectivity index (χ1) is 9.42. The Hall–Kier alpha value is -2.21. The summed E-state index contributed by atoms with van der Waals surface area (Å²) in [6, 6.07) is 9.73. The minimum Gasteiger partial charge on any atom is -0.379 e. The van der Waals surface area contributed by atoms with Crippen LogP contribution in [0.3, 0.4) is 0 Å². The molecule has 0 saturated carbocycles. The molecule has 0 aliphatic heterocycles. The summed E-state index contributed by atoms with van der Waals surface area (Å²) in [5.74, 6) is 0.610. The van der Waals surface area contributed by atoms with Gasteiger partial charge in [0.2, 0.25) is 5.95 Å². The number of rotatable bonds is 8. The monoisotopic (exact) mass is 259 g/mol. The van der Waals surface area contributed by atoms with Crippen LogP contribution < -0.4 is 5.32 Å². The lowest BCUT2D eigenvalue weighted by molar-refractivity contribution is 0.148. The Balaban J connectivity index is 1.85. The van der Waals surface area contributed by atoms with Gasteiger partial charge in [-0.05, 0) is 29.0 Å². The molecule has 100 valence electrons. The smallest absolute Gasteiger partial charge is 0.247 e. The molecule has 0 radical (unpaired) electrons. The maximum absolute atomic E-state index is 5.41. The molecule has 0 saturated heterocycles. The normalized spacial score (nSPS) is 10.3. The number of anilines is 1. The van der Waals surface area contributed by atoms with Crippen LogP contribution in [0.5, 0.6) is 0 Å². The van der Waals surface area contributed by atoms with E-state index in [-0.39, 0.29) is 0 Å². The lowest BCUT2D eigenvalue weighted by Crippen LogP contribution is -2.13. The molecule has 1 N–H and O–H groups in total. The van der Waals surface area contributed by atoms with Crippen molar-refractivity contribution in [1.29, 1.82) is 0 Å². The Morgan fingerprint density at radius 2 is 2.11 bits per heavy atom. The first kappa shape index (κ1) is 13.2. The fourth-order valence-electron chi connectivity index (χ4n) is 1.54. The fraction of sp³-hybridized carbons (Fsp3) is 0.308. The van der Waals surface area contributed by atoms with Crippen molar-refractivity contribution in [2.75, 3.05) is 25.1 Å². The van der Waals surface area contributed by atoms with Gasteiger partial charge in [0.05, 0.1) is 18.9 Å². The highest BCUT2D eigenvalue weighted by atomic mass is 16.5. The number of aromatic nitrogens is 4. The van der Waals surface area contributed by atoms with Crippen molar-refractivity contribution in [3.8, 4) is 5.69 Å².